The van der Waals surface area contributed by atoms with Crippen molar-refractivity contribution in [3.63, 3.8) is 0 Å². The summed E-state index contributed by atoms with van der Waals surface area (Å²) in [4.78, 5) is 17.6. The zero-order valence-corrected chi connectivity index (χ0v) is 11.5. The van der Waals surface area contributed by atoms with Gasteiger partial charge >= 0.3 is 5.97 Å². The van der Waals surface area contributed by atoms with Crippen molar-refractivity contribution in [1.29, 1.82) is 0 Å². The number of benzene rings is 1. The highest BCUT2D eigenvalue weighted by atomic mass is 16.4. The molecule has 5 nitrogen and oxygen atoms in total. The Bertz CT molecular complexity index is 781. The minimum atomic E-state index is -0.970. The van der Waals surface area contributed by atoms with Crippen molar-refractivity contribution >= 4 is 22.6 Å². The van der Waals surface area contributed by atoms with E-state index in [0.29, 0.717) is 11.9 Å². The number of carboxylic acid groups (broad SMARTS) is 1. The summed E-state index contributed by atoms with van der Waals surface area (Å²) in [7, 11) is 1.92. The summed E-state index contributed by atoms with van der Waals surface area (Å²) in [6.07, 6.45) is 4.72. The highest BCUT2D eigenvalue weighted by Gasteiger charge is 2.14. The van der Waals surface area contributed by atoms with Crippen LogP contribution in [-0.2, 0) is 6.54 Å². The average molecular weight is 282 g/mol. The van der Waals surface area contributed by atoms with Crippen LogP contribution in [0.2, 0.25) is 0 Å². The first-order chi connectivity index (χ1) is 10.2. The molecule has 0 radical (unpaired) electrons. The molecule has 0 unspecified atom stereocenters. The Kier molecular flexibility index (Phi) is 3.31. The number of aromatic nitrogens is 1. The third kappa shape index (κ3) is 2.45. The number of carboxylic acids is 1. The lowest BCUT2D eigenvalue weighted by Crippen LogP contribution is -2.18. The third-order valence-corrected chi connectivity index (χ3v) is 3.37. The highest BCUT2D eigenvalue weighted by molar-refractivity contribution is 6.06. The van der Waals surface area contributed by atoms with Gasteiger partial charge in [-0.1, -0.05) is 24.3 Å². The lowest BCUT2D eigenvalue weighted by atomic mass is 10.1. The molecular weight excluding hydrogens is 268 g/mol. The fraction of sp³-hybridized carbons (Fsp3) is 0.125. The minimum absolute atomic E-state index is 0.214. The Morgan fingerprint density at radius 3 is 2.71 bits per heavy atom. The normalized spacial score (nSPS) is 10.7. The van der Waals surface area contributed by atoms with Crippen LogP contribution in [0.3, 0.4) is 0 Å². The number of carbonyl (C=O) groups is 1. The Morgan fingerprint density at radius 2 is 2.05 bits per heavy atom. The van der Waals surface area contributed by atoms with Gasteiger partial charge in [-0.05, 0) is 6.07 Å². The number of pyridine rings is 1. The van der Waals surface area contributed by atoms with Crippen molar-refractivity contribution in [2.45, 2.75) is 6.54 Å². The van der Waals surface area contributed by atoms with E-state index in [1.807, 2.05) is 36.2 Å². The molecule has 3 rings (SSSR count). The Balaban J connectivity index is 2.07. The van der Waals surface area contributed by atoms with Gasteiger partial charge in [-0.25, -0.2) is 9.78 Å². The van der Waals surface area contributed by atoms with E-state index in [9.17, 15) is 9.90 Å². The average Bonchev–Trinajstić information content (AvgIpc) is 2.98. The molecule has 0 aliphatic rings. The van der Waals surface area contributed by atoms with Gasteiger partial charge in [0.2, 0.25) is 0 Å². The van der Waals surface area contributed by atoms with Crippen LogP contribution in [0.1, 0.15) is 15.9 Å². The first kappa shape index (κ1) is 13.2. The standard InChI is InChI=1S/C16H14N2O3/c1-18(9-11-6-7-21-10-11)15-13-5-3-2-4-12(13)14(8-17-15)16(19)20/h2-8,10H,9H2,1H3,(H,19,20). The van der Waals surface area contributed by atoms with Crippen molar-refractivity contribution < 1.29 is 14.3 Å². The molecule has 0 aliphatic heterocycles. The SMILES string of the molecule is CN(Cc1ccoc1)c1ncc(C(=O)O)c2ccccc12. The van der Waals surface area contributed by atoms with Crippen molar-refractivity contribution in [1.82, 2.24) is 4.98 Å². The molecule has 0 saturated heterocycles. The van der Waals surface area contributed by atoms with E-state index >= 15 is 0 Å². The minimum Gasteiger partial charge on any atom is -0.478 e. The first-order valence-electron chi connectivity index (χ1n) is 6.50. The maximum Gasteiger partial charge on any atom is 0.337 e. The van der Waals surface area contributed by atoms with Crippen molar-refractivity contribution in [3.05, 3.63) is 60.2 Å². The van der Waals surface area contributed by atoms with Crippen LogP contribution < -0.4 is 4.90 Å². The maximum atomic E-state index is 11.3. The quantitative estimate of drug-likeness (QED) is 0.796. The Hall–Kier alpha value is -2.82. The van der Waals surface area contributed by atoms with Crippen LogP contribution in [0.15, 0.2) is 53.5 Å². The topological polar surface area (TPSA) is 66.6 Å². The van der Waals surface area contributed by atoms with Crippen LogP contribution in [0.4, 0.5) is 5.82 Å². The largest absolute Gasteiger partial charge is 0.478 e. The molecule has 3 aromatic rings. The van der Waals surface area contributed by atoms with E-state index in [2.05, 4.69) is 4.98 Å². The first-order valence-corrected chi connectivity index (χ1v) is 6.50. The number of furan rings is 1. The van der Waals surface area contributed by atoms with Crippen LogP contribution in [-0.4, -0.2) is 23.1 Å². The van der Waals surface area contributed by atoms with Crippen LogP contribution in [0, 0.1) is 0 Å². The van der Waals surface area contributed by atoms with E-state index in [4.69, 9.17) is 4.42 Å². The van der Waals surface area contributed by atoms with Crippen LogP contribution in [0.25, 0.3) is 10.8 Å². The third-order valence-electron chi connectivity index (χ3n) is 3.37. The van der Waals surface area contributed by atoms with Gasteiger partial charge in [-0.15, -0.1) is 0 Å². The summed E-state index contributed by atoms with van der Waals surface area (Å²) in [5.74, 6) is -0.223. The molecule has 2 heterocycles. The van der Waals surface area contributed by atoms with Gasteiger partial charge in [-0.2, -0.15) is 0 Å². The summed E-state index contributed by atoms with van der Waals surface area (Å²) < 4.78 is 5.06. The van der Waals surface area contributed by atoms with Gasteiger partial charge in [0.25, 0.3) is 0 Å². The van der Waals surface area contributed by atoms with E-state index in [1.165, 1.54) is 6.20 Å². The van der Waals surface area contributed by atoms with E-state index in [-0.39, 0.29) is 5.56 Å². The Morgan fingerprint density at radius 1 is 1.29 bits per heavy atom. The van der Waals surface area contributed by atoms with E-state index < -0.39 is 5.97 Å². The van der Waals surface area contributed by atoms with Gasteiger partial charge in [-0.3, -0.25) is 0 Å². The molecule has 21 heavy (non-hydrogen) atoms. The van der Waals surface area contributed by atoms with E-state index in [0.717, 1.165) is 16.8 Å². The Labute approximate surface area is 121 Å². The van der Waals surface area contributed by atoms with Gasteiger partial charge in [0, 0.05) is 36.1 Å². The fourth-order valence-electron chi connectivity index (χ4n) is 2.38. The van der Waals surface area contributed by atoms with Crippen molar-refractivity contribution in [2.24, 2.45) is 0 Å². The lowest BCUT2D eigenvalue weighted by Gasteiger charge is -2.19. The number of rotatable bonds is 4. The fourth-order valence-corrected chi connectivity index (χ4v) is 2.38. The number of hydrogen-bond donors (Lipinski definition) is 1. The smallest absolute Gasteiger partial charge is 0.337 e. The molecule has 106 valence electrons. The number of hydrogen-bond acceptors (Lipinski definition) is 4. The molecule has 0 atom stereocenters. The predicted molar refractivity (Wildman–Crippen MR) is 79.5 cm³/mol. The molecule has 0 bridgehead atoms. The molecule has 5 heteroatoms. The molecule has 2 aromatic heterocycles. The molecule has 0 amide bonds. The summed E-state index contributed by atoms with van der Waals surface area (Å²) in [5, 5.41) is 10.8. The van der Waals surface area contributed by atoms with Crippen LogP contribution >= 0.6 is 0 Å². The number of aromatic carboxylic acids is 1. The number of anilines is 1. The summed E-state index contributed by atoms with van der Waals surface area (Å²) in [5.41, 5.74) is 1.25. The summed E-state index contributed by atoms with van der Waals surface area (Å²) in [6, 6.07) is 9.29. The molecule has 0 aliphatic carbocycles. The summed E-state index contributed by atoms with van der Waals surface area (Å²) >= 11 is 0. The van der Waals surface area contributed by atoms with Gasteiger partial charge in [0.05, 0.1) is 18.1 Å². The van der Waals surface area contributed by atoms with Crippen molar-refractivity contribution in [3.8, 4) is 0 Å². The second kappa shape index (κ2) is 5.28. The van der Waals surface area contributed by atoms with Crippen molar-refractivity contribution in [2.75, 3.05) is 11.9 Å². The van der Waals surface area contributed by atoms with E-state index in [1.54, 1.807) is 18.6 Å². The molecule has 0 saturated carbocycles. The highest BCUT2D eigenvalue weighted by Crippen LogP contribution is 2.27. The lowest BCUT2D eigenvalue weighted by molar-refractivity contribution is 0.0698. The molecule has 1 N–H and O–H groups in total. The molecule has 1 aromatic carbocycles. The zero-order valence-electron chi connectivity index (χ0n) is 11.5. The molecule has 0 spiro atoms. The van der Waals surface area contributed by atoms with Gasteiger partial charge in [0.15, 0.2) is 0 Å². The van der Waals surface area contributed by atoms with Gasteiger partial charge in [0.1, 0.15) is 5.82 Å². The van der Waals surface area contributed by atoms with Crippen LogP contribution in [0.5, 0.6) is 0 Å². The summed E-state index contributed by atoms with van der Waals surface area (Å²) in [6.45, 7) is 0.639. The van der Waals surface area contributed by atoms with Gasteiger partial charge < -0.3 is 14.4 Å². The molecule has 0 fully saturated rings. The number of nitrogens with zero attached hydrogens (tertiary/aromatic N) is 2. The predicted octanol–water partition coefficient (Wildman–Crippen LogP) is 3.16. The second-order valence-corrected chi connectivity index (χ2v) is 4.83. The molecular formula is C16H14N2O3. The second-order valence-electron chi connectivity index (χ2n) is 4.83. The monoisotopic (exact) mass is 282 g/mol. The zero-order chi connectivity index (χ0) is 14.8. The number of fused-ring (bicyclic) bond motifs is 1. The maximum absolute atomic E-state index is 11.3.